The summed E-state index contributed by atoms with van der Waals surface area (Å²) < 4.78 is 5.96. The maximum atomic E-state index is 13.7. The summed E-state index contributed by atoms with van der Waals surface area (Å²) in [5, 5.41) is 36.7. The van der Waals surface area contributed by atoms with Crippen molar-refractivity contribution in [3.05, 3.63) is 72.1 Å². The molecule has 38 heavy (non-hydrogen) atoms. The Hall–Kier alpha value is -3.69. The lowest BCUT2D eigenvalue weighted by molar-refractivity contribution is -0.266. The van der Waals surface area contributed by atoms with E-state index in [2.05, 4.69) is 17.1 Å². The molecule has 0 spiro atoms. The zero-order chi connectivity index (χ0) is 27.4. The second-order valence-corrected chi connectivity index (χ2v) is 9.32. The van der Waals surface area contributed by atoms with Crippen molar-refractivity contribution in [2.75, 3.05) is 6.61 Å². The number of carbonyl (C=O) groups is 2. The van der Waals surface area contributed by atoms with E-state index in [9.17, 15) is 15.0 Å². The molecular weight excluding hydrogens is 486 g/mol. The van der Waals surface area contributed by atoms with Gasteiger partial charge in [0.05, 0.1) is 18.4 Å². The Balaban J connectivity index is 0.00000127. The molecule has 0 unspecified atom stereocenters. The largest absolute Gasteiger partial charge is 0.493 e. The molecule has 1 aliphatic rings. The van der Waals surface area contributed by atoms with Gasteiger partial charge in [0, 0.05) is 23.4 Å². The SMILES string of the molecule is CCCCCCOc1ccccc1C(O)(O)N(C(=O)c1ccc(-c2cn[nH]c2)cc1)C1CCCC1.O=CO. The van der Waals surface area contributed by atoms with Gasteiger partial charge in [0.2, 0.25) is 0 Å². The molecule has 2 aromatic carbocycles. The van der Waals surface area contributed by atoms with Crippen LogP contribution in [0.3, 0.4) is 0 Å². The van der Waals surface area contributed by atoms with Crippen LogP contribution in [0.15, 0.2) is 60.9 Å². The number of nitrogens with one attached hydrogen (secondary N) is 1. The average Bonchev–Trinajstić information content (AvgIpc) is 3.65. The molecule has 1 saturated carbocycles. The quantitative estimate of drug-likeness (QED) is 0.159. The van der Waals surface area contributed by atoms with Crippen LogP contribution in [0.5, 0.6) is 5.75 Å². The van der Waals surface area contributed by atoms with Crippen LogP contribution in [-0.4, -0.2) is 55.4 Å². The first-order valence-corrected chi connectivity index (χ1v) is 13.1. The van der Waals surface area contributed by atoms with Crippen molar-refractivity contribution in [2.24, 2.45) is 0 Å². The molecule has 9 nitrogen and oxygen atoms in total. The first-order chi connectivity index (χ1) is 18.4. The summed E-state index contributed by atoms with van der Waals surface area (Å²) in [4.78, 5) is 23.3. The zero-order valence-corrected chi connectivity index (χ0v) is 21.8. The molecule has 0 atom stereocenters. The summed E-state index contributed by atoms with van der Waals surface area (Å²) in [6.45, 7) is 2.39. The van der Waals surface area contributed by atoms with E-state index in [0.29, 0.717) is 17.9 Å². The van der Waals surface area contributed by atoms with E-state index >= 15 is 0 Å². The van der Waals surface area contributed by atoms with Crippen molar-refractivity contribution >= 4 is 12.4 Å². The van der Waals surface area contributed by atoms with Gasteiger partial charge in [-0.2, -0.15) is 5.10 Å². The van der Waals surface area contributed by atoms with Crippen LogP contribution in [0.25, 0.3) is 11.1 Å². The highest BCUT2D eigenvalue weighted by molar-refractivity contribution is 5.95. The number of rotatable bonds is 11. The number of unbranched alkanes of at least 4 members (excludes halogenated alkanes) is 3. The van der Waals surface area contributed by atoms with Gasteiger partial charge in [0.1, 0.15) is 5.75 Å². The highest BCUT2D eigenvalue weighted by Gasteiger charge is 2.45. The van der Waals surface area contributed by atoms with E-state index in [1.165, 1.54) is 4.90 Å². The third-order valence-corrected chi connectivity index (χ3v) is 6.71. The molecule has 1 aliphatic carbocycles. The average molecular weight is 524 g/mol. The molecule has 1 heterocycles. The first kappa shape index (κ1) is 28.9. The fourth-order valence-corrected chi connectivity index (χ4v) is 4.79. The minimum absolute atomic E-state index is 0.186. The number of H-pyrrole nitrogens is 1. The van der Waals surface area contributed by atoms with Crippen LogP contribution in [0, 0.1) is 0 Å². The van der Waals surface area contributed by atoms with Crippen LogP contribution >= 0.6 is 0 Å². The van der Waals surface area contributed by atoms with Gasteiger partial charge in [-0.25, -0.2) is 0 Å². The van der Waals surface area contributed by atoms with Crippen LogP contribution in [0.2, 0.25) is 0 Å². The number of hydrogen-bond donors (Lipinski definition) is 4. The van der Waals surface area contributed by atoms with Crippen molar-refractivity contribution in [2.45, 2.75) is 70.2 Å². The lowest BCUT2D eigenvalue weighted by Gasteiger charge is -2.40. The number of benzene rings is 2. The Morgan fingerprint density at radius 1 is 1.08 bits per heavy atom. The van der Waals surface area contributed by atoms with E-state index in [-0.39, 0.29) is 18.1 Å². The van der Waals surface area contributed by atoms with Crippen LogP contribution < -0.4 is 4.74 Å². The van der Waals surface area contributed by atoms with Gasteiger partial charge in [-0.05, 0) is 49.1 Å². The predicted molar refractivity (Wildman–Crippen MR) is 143 cm³/mol. The Bertz CT molecular complexity index is 1130. The Labute approximate surface area is 223 Å². The summed E-state index contributed by atoms with van der Waals surface area (Å²) >= 11 is 0. The number of amides is 1. The number of carboxylic acid groups (broad SMARTS) is 1. The second kappa shape index (κ2) is 14.3. The molecule has 204 valence electrons. The zero-order valence-electron chi connectivity index (χ0n) is 21.8. The highest BCUT2D eigenvalue weighted by atomic mass is 16.5. The number of aromatic amines is 1. The van der Waals surface area contributed by atoms with Crippen molar-refractivity contribution < 1.29 is 29.6 Å². The third kappa shape index (κ3) is 7.20. The maximum absolute atomic E-state index is 13.7. The van der Waals surface area contributed by atoms with Gasteiger partial charge in [-0.3, -0.25) is 19.6 Å². The lowest BCUT2D eigenvalue weighted by atomic mass is 10.0. The topological polar surface area (TPSA) is 136 Å². The van der Waals surface area contributed by atoms with Gasteiger partial charge in [-0.15, -0.1) is 0 Å². The molecule has 0 bridgehead atoms. The molecule has 3 aromatic rings. The van der Waals surface area contributed by atoms with Gasteiger partial charge in [-0.1, -0.05) is 63.3 Å². The van der Waals surface area contributed by atoms with Crippen LogP contribution in [0.4, 0.5) is 0 Å². The van der Waals surface area contributed by atoms with Crippen molar-refractivity contribution in [1.29, 1.82) is 0 Å². The standard InChI is InChI=1S/C28H35N3O4.CH2O2/c1-2-3-4-9-18-35-26-13-8-7-12-25(26)28(33,34)31(24-10-5-6-11-24)27(32)22-16-14-21(15-17-22)23-19-29-30-20-23;2-1-3/h7-8,12-17,19-20,24,33-34H,2-6,9-11,18H2,1H3,(H,29,30);1H,(H,2,3). The number of hydrogen-bond acceptors (Lipinski definition) is 6. The van der Waals surface area contributed by atoms with E-state index in [0.717, 1.165) is 62.5 Å². The molecule has 9 heteroatoms. The molecular formula is C29H37N3O6. The minimum atomic E-state index is -2.50. The molecule has 1 amide bonds. The van der Waals surface area contributed by atoms with Crippen LogP contribution in [-0.2, 0) is 10.7 Å². The van der Waals surface area contributed by atoms with Crippen LogP contribution in [0.1, 0.15) is 74.2 Å². The van der Waals surface area contributed by atoms with Crippen molar-refractivity contribution in [1.82, 2.24) is 15.1 Å². The summed E-state index contributed by atoms with van der Waals surface area (Å²) in [7, 11) is 0. The normalized spacial score (nSPS) is 13.4. The highest BCUT2D eigenvalue weighted by Crippen LogP contribution is 2.37. The molecule has 1 fully saturated rings. The molecule has 4 N–H and O–H groups in total. The second-order valence-electron chi connectivity index (χ2n) is 9.32. The Kier molecular flexibility index (Phi) is 10.9. The first-order valence-electron chi connectivity index (χ1n) is 13.1. The molecule has 0 radical (unpaired) electrons. The number of aliphatic hydroxyl groups is 2. The smallest absolute Gasteiger partial charge is 0.290 e. The van der Waals surface area contributed by atoms with Gasteiger partial charge in [0.15, 0.2) is 0 Å². The monoisotopic (exact) mass is 523 g/mol. The summed E-state index contributed by atoms with van der Waals surface area (Å²) in [5.74, 6) is -2.53. The van der Waals surface area contributed by atoms with Gasteiger partial charge >= 0.3 is 0 Å². The molecule has 0 aliphatic heterocycles. The number of aromatic nitrogens is 2. The Morgan fingerprint density at radius 2 is 1.76 bits per heavy atom. The van der Waals surface area contributed by atoms with Crippen molar-refractivity contribution in [3.8, 4) is 16.9 Å². The molecule has 1 aromatic heterocycles. The van der Waals surface area contributed by atoms with Crippen molar-refractivity contribution in [3.63, 3.8) is 0 Å². The van der Waals surface area contributed by atoms with E-state index in [4.69, 9.17) is 14.6 Å². The number of carbonyl (C=O) groups excluding carboxylic acids is 1. The maximum Gasteiger partial charge on any atom is 0.290 e. The Morgan fingerprint density at radius 3 is 2.39 bits per heavy atom. The minimum Gasteiger partial charge on any atom is -0.493 e. The fourth-order valence-electron chi connectivity index (χ4n) is 4.79. The number of nitrogens with zero attached hydrogens (tertiary/aromatic N) is 2. The third-order valence-electron chi connectivity index (χ3n) is 6.71. The van der Waals surface area contributed by atoms with Gasteiger partial charge < -0.3 is 20.1 Å². The number of ether oxygens (including phenoxy) is 1. The fraction of sp³-hybridized carbons (Fsp3) is 0.414. The van der Waals surface area contributed by atoms with E-state index in [1.54, 1.807) is 48.8 Å². The molecule has 0 saturated heterocycles. The summed E-state index contributed by atoms with van der Waals surface area (Å²) in [6.07, 6.45) is 11.1. The summed E-state index contributed by atoms with van der Waals surface area (Å²) in [5.41, 5.74) is 2.42. The number of para-hydroxylation sites is 1. The van der Waals surface area contributed by atoms with Gasteiger partial charge in [0.25, 0.3) is 18.3 Å². The predicted octanol–water partition coefficient (Wildman–Crippen LogP) is 4.92. The van der Waals surface area contributed by atoms with E-state index < -0.39 is 11.8 Å². The summed E-state index contributed by atoms with van der Waals surface area (Å²) in [6, 6.07) is 13.7. The lowest BCUT2D eigenvalue weighted by Crippen LogP contribution is -2.54. The molecule has 4 rings (SSSR count). The van der Waals surface area contributed by atoms with E-state index in [1.807, 2.05) is 12.1 Å².